The standard InChI is InChI=1S/C14H16FN3S/c1-9-7-10(2)18-14(17-9)19-13(8-16)11-5-3-4-6-12(11)15/h3-7,13H,8,16H2,1-2H3. The number of nitrogens with zero attached hydrogens (tertiary/aromatic N) is 2. The molecule has 1 aromatic heterocycles. The quantitative estimate of drug-likeness (QED) is 0.689. The first kappa shape index (κ1) is 14.0. The number of benzene rings is 1. The van der Waals surface area contributed by atoms with Crippen LogP contribution >= 0.6 is 11.8 Å². The van der Waals surface area contributed by atoms with E-state index >= 15 is 0 Å². The van der Waals surface area contributed by atoms with Gasteiger partial charge in [0.05, 0.1) is 5.25 Å². The molecule has 0 radical (unpaired) electrons. The van der Waals surface area contributed by atoms with Crippen LogP contribution in [0.4, 0.5) is 4.39 Å². The second-order valence-electron chi connectivity index (χ2n) is 4.30. The zero-order valence-corrected chi connectivity index (χ0v) is 11.7. The summed E-state index contributed by atoms with van der Waals surface area (Å²) in [6.45, 7) is 4.17. The molecule has 2 N–H and O–H groups in total. The summed E-state index contributed by atoms with van der Waals surface area (Å²) < 4.78 is 13.8. The predicted octanol–water partition coefficient (Wildman–Crippen LogP) is 3.02. The van der Waals surface area contributed by atoms with Crippen molar-refractivity contribution in [3.8, 4) is 0 Å². The van der Waals surface area contributed by atoms with E-state index in [-0.39, 0.29) is 11.1 Å². The van der Waals surface area contributed by atoms with Gasteiger partial charge in [-0.15, -0.1) is 0 Å². The molecule has 0 aliphatic heterocycles. The van der Waals surface area contributed by atoms with Gasteiger partial charge in [0.2, 0.25) is 0 Å². The molecule has 3 nitrogen and oxygen atoms in total. The van der Waals surface area contributed by atoms with E-state index in [2.05, 4.69) is 9.97 Å². The molecule has 2 rings (SSSR count). The fraction of sp³-hybridized carbons (Fsp3) is 0.286. The highest BCUT2D eigenvalue weighted by molar-refractivity contribution is 7.99. The van der Waals surface area contributed by atoms with Crippen molar-refractivity contribution in [3.63, 3.8) is 0 Å². The molecule has 0 aliphatic rings. The fourth-order valence-corrected chi connectivity index (χ4v) is 2.91. The highest BCUT2D eigenvalue weighted by Crippen LogP contribution is 2.33. The third-order valence-corrected chi connectivity index (χ3v) is 3.80. The highest BCUT2D eigenvalue weighted by Gasteiger charge is 2.17. The van der Waals surface area contributed by atoms with Crippen LogP contribution in [0, 0.1) is 19.7 Å². The van der Waals surface area contributed by atoms with Gasteiger partial charge in [0.1, 0.15) is 5.82 Å². The van der Waals surface area contributed by atoms with Crippen molar-refractivity contribution in [1.82, 2.24) is 9.97 Å². The smallest absolute Gasteiger partial charge is 0.188 e. The van der Waals surface area contributed by atoms with Crippen LogP contribution in [-0.2, 0) is 0 Å². The van der Waals surface area contributed by atoms with Crippen LogP contribution in [0.1, 0.15) is 22.2 Å². The van der Waals surface area contributed by atoms with Crippen LogP contribution in [0.2, 0.25) is 0 Å². The lowest BCUT2D eigenvalue weighted by Gasteiger charge is -2.15. The van der Waals surface area contributed by atoms with Gasteiger partial charge in [-0.05, 0) is 26.0 Å². The van der Waals surface area contributed by atoms with E-state index in [4.69, 9.17) is 5.73 Å². The Bertz CT molecular complexity index is 554. The van der Waals surface area contributed by atoms with Gasteiger partial charge in [0.25, 0.3) is 0 Å². The minimum atomic E-state index is -0.241. The summed E-state index contributed by atoms with van der Waals surface area (Å²) in [6, 6.07) is 8.59. The zero-order valence-electron chi connectivity index (χ0n) is 10.9. The van der Waals surface area contributed by atoms with Crippen molar-refractivity contribution in [2.24, 2.45) is 5.73 Å². The maximum Gasteiger partial charge on any atom is 0.188 e. The minimum absolute atomic E-state index is 0.178. The Balaban J connectivity index is 2.26. The molecule has 0 spiro atoms. The van der Waals surface area contributed by atoms with Crippen LogP contribution in [0.15, 0.2) is 35.5 Å². The summed E-state index contributed by atoms with van der Waals surface area (Å²) in [5, 5.41) is 0.457. The molecule has 5 heteroatoms. The molecule has 2 aromatic rings. The van der Waals surface area contributed by atoms with E-state index in [0.29, 0.717) is 17.3 Å². The number of aryl methyl sites for hydroxylation is 2. The van der Waals surface area contributed by atoms with Crippen LogP contribution < -0.4 is 5.73 Å². The van der Waals surface area contributed by atoms with E-state index in [9.17, 15) is 4.39 Å². The molecule has 19 heavy (non-hydrogen) atoms. The van der Waals surface area contributed by atoms with Gasteiger partial charge in [-0.2, -0.15) is 0 Å². The Hall–Kier alpha value is -1.46. The first-order chi connectivity index (χ1) is 9.10. The molecule has 100 valence electrons. The van der Waals surface area contributed by atoms with Crippen LogP contribution in [0.3, 0.4) is 0 Å². The molecule has 0 fully saturated rings. The summed E-state index contributed by atoms with van der Waals surface area (Å²) in [7, 11) is 0. The number of aromatic nitrogens is 2. The Labute approximate surface area is 116 Å². The molecule has 1 atom stereocenters. The predicted molar refractivity (Wildman–Crippen MR) is 75.6 cm³/mol. The van der Waals surface area contributed by atoms with Gasteiger partial charge in [-0.3, -0.25) is 0 Å². The van der Waals surface area contributed by atoms with Crippen molar-refractivity contribution in [3.05, 3.63) is 53.1 Å². The summed E-state index contributed by atoms with van der Waals surface area (Å²) >= 11 is 1.40. The fourth-order valence-electron chi connectivity index (χ4n) is 1.85. The molecule has 1 unspecified atom stereocenters. The Morgan fingerprint density at radius 1 is 1.21 bits per heavy atom. The number of hydrogen-bond acceptors (Lipinski definition) is 4. The topological polar surface area (TPSA) is 51.8 Å². The van der Waals surface area contributed by atoms with Crippen LogP contribution in [0.5, 0.6) is 0 Å². The normalized spacial score (nSPS) is 12.4. The van der Waals surface area contributed by atoms with Gasteiger partial charge in [-0.25, -0.2) is 14.4 Å². The number of halogens is 1. The second-order valence-corrected chi connectivity index (χ2v) is 5.47. The summed E-state index contributed by atoms with van der Waals surface area (Å²) in [5.41, 5.74) is 8.15. The molecule has 1 heterocycles. The molecule has 0 amide bonds. The average Bonchev–Trinajstić information content (AvgIpc) is 2.36. The minimum Gasteiger partial charge on any atom is -0.329 e. The van der Waals surface area contributed by atoms with E-state index < -0.39 is 0 Å². The van der Waals surface area contributed by atoms with Gasteiger partial charge in [-0.1, -0.05) is 30.0 Å². The molecule has 0 saturated heterocycles. The molecular formula is C14H16FN3S. The van der Waals surface area contributed by atoms with Crippen molar-refractivity contribution >= 4 is 11.8 Å². The number of hydrogen-bond donors (Lipinski definition) is 1. The number of thioether (sulfide) groups is 1. The third kappa shape index (κ3) is 3.52. The second kappa shape index (κ2) is 6.12. The zero-order chi connectivity index (χ0) is 13.8. The Morgan fingerprint density at radius 3 is 2.42 bits per heavy atom. The molecular weight excluding hydrogens is 261 g/mol. The lowest BCUT2D eigenvalue weighted by molar-refractivity contribution is 0.607. The van der Waals surface area contributed by atoms with Crippen LogP contribution in [-0.4, -0.2) is 16.5 Å². The van der Waals surface area contributed by atoms with Crippen molar-refractivity contribution < 1.29 is 4.39 Å². The first-order valence-electron chi connectivity index (χ1n) is 6.03. The van der Waals surface area contributed by atoms with Gasteiger partial charge >= 0.3 is 0 Å². The lowest BCUT2D eigenvalue weighted by atomic mass is 10.1. The van der Waals surface area contributed by atoms with Crippen molar-refractivity contribution in [2.75, 3.05) is 6.54 Å². The molecule has 0 aliphatic carbocycles. The molecule has 1 aromatic carbocycles. The third-order valence-electron chi connectivity index (χ3n) is 2.68. The van der Waals surface area contributed by atoms with Gasteiger partial charge in [0.15, 0.2) is 5.16 Å². The number of nitrogens with two attached hydrogens (primary N) is 1. The van der Waals surface area contributed by atoms with Gasteiger partial charge in [0, 0.05) is 23.5 Å². The maximum absolute atomic E-state index is 13.8. The lowest BCUT2D eigenvalue weighted by Crippen LogP contribution is -2.11. The SMILES string of the molecule is Cc1cc(C)nc(SC(CN)c2ccccc2F)n1. The largest absolute Gasteiger partial charge is 0.329 e. The highest BCUT2D eigenvalue weighted by atomic mass is 32.2. The van der Waals surface area contributed by atoms with E-state index in [0.717, 1.165) is 11.4 Å². The van der Waals surface area contributed by atoms with E-state index in [1.54, 1.807) is 12.1 Å². The Kier molecular flexibility index (Phi) is 4.50. The van der Waals surface area contributed by atoms with E-state index in [1.807, 2.05) is 26.0 Å². The first-order valence-corrected chi connectivity index (χ1v) is 6.91. The van der Waals surface area contributed by atoms with E-state index in [1.165, 1.54) is 17.8 Å². The summed E-state index contributed by atoms with van der Waals surface area (Å²) in [4.78, 5) is 8.70. The monoisotopic (exact) mass is 277 g/mol. The van der Waals surface area contributed by atoms with Gasteiger partial charge < -0.3 is 5.73 Å². The number of rotatable bonds is 4. The molecule has 0 bridgehead atoms. The summed E-state index contributed by atoms with van der Waals surface area (Å²) in [6.07, 6.45) is 0. The van der Waals surface area contributed by atoms with Crippen LogP contribution in [0.25, 0.3) is 0 Å². The average molecular weight is 277 g/mol. The van der Waals surface area contributed by atoms with Crippen molar-refractivity contribution in [1.29, 1.82) is 0 Å². The Morgan fingerprint density at radius 2 is 1.84 bits per heavy atom. The maximum atomic E-state index is 13.8. The molecule has 0 saturated carbocycles. The van der Waals surface area contributed by atoms with Crippen molar-refractivity contribution in [2.45, 2.75) is 24.3 Å². The summed E-state index contributed by atoms with van der Waals surface area (Å²) in [5.74, 6) is -0.241.